The van der Waals surface area contributed by atoms with Crippen molar-refractivity contribution in [2.45, 2.75) is 13.0 Å². The zero-order valence-corrected chi connectivity index (χ0v) is 15.8. The maximum Gasteiger partial charge on any atom is 0.335 e. The van der Waals surface area contributed by atoms with E-state index in [2.05, 4.69) is 5.32 Å². The summed E-state index contributed by atoms with van der Waals surface area (Å²) in [6.45, 7) is 1.27. The summed E-state index contributed by atoms with van der Waals surface area (Å²) in [6, 6.07) is 8.90. The van der Waals surface area contributed by atoms with Crippen LogP contribution in [0.15, 0.2) is 36.4 Å². The van der Waals surface area contributed by atoms with Crippen LogP contribution in [-0.4, -0.2) is 42.6 Å². The second kappa shape index (κ2) is 7.77. The number of anilines is 2. The molecule has 1 aliphatic rings. The van der Waals surface area contributed by atoms with E-state index >= 15 is 0 Å². The number of carboxylic acids is 1. The summed E-state index contributed by atoms with van der Waals surface area (Å²) in [7, 11) is 1.48. The minimum absolute atomic E-state index is 0.0255. The van der Waals surface area contributed by atoms with Gasteiger partial charge in [0, 0.05) is 5.69 Å². The fourth-order valence-electron chi connectivity index (χ4n) is 2.79. The average molecular weight is 405 g/mol. The van der Waals surface area contributed by atoms with Crippen molar-refractivity contribution in [2.24, 2.45) is 0 Å². The van der Waals surface area contributed by atoms with Crippen LogP contribution in [0.5, 0.6) is 11.5 Å². The minimum Gasteiger partial charge on any atom is -0.495 e. The highest BCUT2D eigenvalue weighted by Gasteiger charge is 2.33. The summed E-state index contributed by atoms with van der Waals surface area (Å²) in [5.74, 6) is -1.26. The van der Waals surface area contributed by atoms with Gasteiger partial charge in [0.1, 0.15) is 18.0 Å². The number of halogens is 1. The highest BCUT2D eigenvalue weighted by Crippen LogP contribution is 2.35. The second-order valence-corrected chi connectivity index (χ2v) is 6.48. The molecule has 2 amide bonds. The lowest BCUT2D eigenvalue weighted by atomic mass is 10.1. The lowest BCUT2D eigenvalue weighted by Gasteiger charge is -2.32. The highest BCUT2D eigenvalue weighted by molar-refractivity contribution is 6.32. The van der Waals surface area contributed by atoms with Gasteiger partial charge < -0.3 is 19.9 Å². The Bertz CT molecular complexity index is 961. The maximum atomic E-state index is 12.5. The van der Waals surface area contributed by atoms with Gasteiger partial charge in [-0.05, 0) is 43.3 Å². The molecule has 0 saturated heterocycles. The molecule has 2 N–H and O–H groups in total. The first kappa shape index (κ1) is 19.5. The smallest absolute Gasteiger partial charge is 0.335 e. The number of carbonyl (C=O) groups excluding carboxylic acids is 2. The Morgan fingerprint density at radius 2 is 2.04 bits per heavy atom. The summed E-state index contributed by atoms with van der Waals surface area (Å²) in [6.07, 6.45) is -0.847. The summed E-state index contributed by atoms with van der Waals surface area (Å²) in [5, 5.41) is 12.1. The van der Waals surface area contributed by atoms with Crippen LogP contribution in [-0.2, 0) is 9.59 Å². The van der Waals surface area contributed by atoms with Crippen molar-refractivity contribution in [1.29, 1.82) is 0 Å². The summed E-state index contributed by atoms with van der Waals surface area (Å²) < 4.78 is 10.6. The first-order valence-electron chi connectivity index (χ1n) is 8.29. The number of fused-ring (bicyclic) bond motifs is 1. The van der Waals surface area contributed by atoms with Gasteiger partial charge >= 0.3 is 5.97 Å². The van der Waals surface area contributed by atoms with Crippen LogP contribution in [0.4, 0.5) is 11.4 Å². The molecule has 0 saturated carbocycles. The molecular weight excluding hydrogens is 388 g/mol. The van der Waals surface area contributed by atoms with E-state index in [1.165, 1.54) is 43.2 Å². The molecule has 3 rings (SSSR count). The molecule has 1 unspecified atom stereocenters. The topological polar surface area (TPSA) is 105 Å². The van der Waals surface area contributed by atoms with E-state index in [1.807, 2.05) is 0 Å². The number of amides is 2. The van der Waals surface area contributed by atoms with Gasteiger partial charge in [-0.2, -0.15) is 0 Å². The molecule has 8 nitrogen and oxygen atoms in total. The average Bonchev–Trinajstić information content (AvgIpc) is 2.65. The largest absolute Gasteiger partial charge is 0.495 e. The first-order valence-corrected chi connectivity index (χ1v) is 8.66. The second-order valence-electron chi connectivity index (χ2n) is 6.07. The van der Waals surface area contributed by atoms with E-state index in [4.69, 9.17) is 26.2 Å². The maximum absolute atomic E-state index is 12.5. The Morgan fingerprint density at radius 1 is 1.29 bits per heavy atom. The van der Waals surface area contributed by atoms with E-state index < -0.39 is 23.9 Å². The van der Waals surface area contributed by atoms with Gasteiger partial charge in [-0.15, -0.1) is 0 Å². The fourth-order valence-corrected chi connectivity index (χ4v) is 3.05. The summed E-state index contributed by atoms with van der Waals surface area (Å²) in [4.78, 5) is 37.4. The number of carboxylic acid groups (broad SMARTS) is 1. The van der Waals surface area contributed by atoms with Crippen molar-refractivity contribution in [2.75, 3.05) is 23.9 Å². The van der Waals surface area contributed by atoms with Crippen molar-refractivity contribution in [3.8, 4) is 11.5 Å². The molecule has 0 fully saturated rings. The van der Waals surface area contributed by atoms with Crippen LogP contribution in [0.3, 0.4) is 0 Å². The van der Waals surface area contributed by atoms with Gasteiger partial charge in [-0.25, -0.2) is 4.79 Å². The third kappa shape index (κ3) is 3.86. The number of carbonyl (C=O) groups is 3. The molecule has 0 spiro atoms. The zero-order valence-electron chi connectivity index (χ0n) is 15.1. The summed E-state index contributed by atoms with van der Waals surface area (Å²) in [5.41, 5.74) is 0.805. The number of nitrogens with zero attached hydrogens (tertiary/aromatic N) is 1. The van der Waals surface area contributed by atoms with Gasteiger partial charge in [-0.3, -0.25) is 14.5 Å². The van der Waals surface area contributed by atoms with Crippen LogP contribution in [0.1, 0.15) is 17.3 Å². The van der Waals surface area contributed by atoms with Crippen molar-refractivity contribution in [3.05, 3.63) is 47.0 Å². The number of nitrogens with one attached hydrogen (secondary N) is 1. The Morgan fingerprint density at radius 3 is 2.68 bits per heavy atom. The third-order valence-corrected chi connectivity index (χ3v) is 4.45. The normalized spacial score (nSPS) is 15.5. The molecule has 1 heterocycles. The predicted molar refractivity (Wildman–Crippen MR) is 102 cm³/mol. The number of ether oxygens (including phenoxy) is 2. The van der Waals surface area contributed by atoms with Crippen molar-refractivity contribution in [1.82, 2.24) is 0 Å². The predicted octanol–water partition coefficient (Wildman–Crippen LogP) is 2.80. The molecule has 146 valence electrons. The van der Waals surface area contributed by atoms with E-state index in [-0.39, 0.29) is 17.9 Å². The van der Waals surface area contributed by atoms with Gasteiger partial charge in [0.25, 0.3) is 5.91 Å². The van der Waals surface area contributed by atoms with Crippen molar-refractivity contribution < 1.29 is 29.0 Å². The fraction of sp³-hybridized carbons (Fsp3) is 0.211. The SMILES string of the molecule is COc1ccc(NC(=O)CN2C(=O)C(C)Oc3cc(C(=O)O)ccc32)cc1Cl. The van der Waals surface area contributed by atoms with Crippen LogP contribution < -0.4 is 19.7 Å². The van der Waals surface area contributed by atoms with Crippen molar-refractivity contribution >= 4 is 40.8 Å². The molecule has 0 aromatic heterocycles. The summed E-state index contributed by atoms with van der Waals surface area (Å²) >= 11 is 6.05. The molecule has 0 aliphatic carbocycles. The molecular formula is C19H17ClN2O6. The molecule has 1 atom stereocenters. The number of benzene rings is 2. The van der Waals surface area contributed by atoms with E-state index in [1.54, 1.807) is 12.1 Å². The Kier molecular flexibility index (Phi) is 5.41. The number of methoxy groups -OCH3 is 1. The van der Waals surface area contributed by atoms with Gasteiger partial charge in [0.05, 0.1) is 23.4 Å². The molecule has 0 radical (unpaired) electrons. The zero-order chi connectivity index (χ0) is 20.4. The van der Waals surface area contributed by atoms with Crippen LogP contribution in [0.2, 0.25) is 5.02 Å². The van der Waals surface area contributed by atoms with E-state index in [0.717, 1.165) is 0 Å². The number of rotatable bonds is 5. The number of hydrogen-bond acceptors (Lipinski definition) is 5. The lowest BCUT2D eigenvalue weighted by Crippen LogP contribution is -2.47. The van der Waals surface area contributed by atoms with Gasteiger partial charge in [0.2, 0.25) is 5.91 Å². The molecule has 0 bridgehead atoms. The lowest BCUT2D eigenvalue weighted by molar-refractivity contribution is -0.127. The van der Waals surface area contributed by atoms with Crippen LogP contribution in [0, 0.1) is 0 Å². The number of hydrogen-bond donors (Lipinski definition) is 2. The standard InChI is InChI=1S/C19H17ClN2O6/c1-10-18(24)22(14-5-3-11(19(25)26)7-16(14)28-10)9-17(23)21-12-4-6-15(27-2)13(20)8-12/h3-8,10H,9H2,1-2H3,(H,21,23)(H,25,26). The molecule has 2 aromatic carbocycles. The van der Waals surface area contributed by atoms with Crippen LogP contribution in [0.25, 0.3) is 0 Å². The molecule has 9 heteroatoms. The van der Waals surface area contributed by atoms with Crippen molar-refractivity contribution in [3.63, 3.8) is 0 Å². The Hall–Kier alpha value is -3.26. The van der Waals surface area contributed by atoms with Gasteiger partial charge in [0.15, 0.2) is 6.10 Å². The van der Waals surface area contributed by atoms with Gasteiger partial charge in [-0.1, -0.05) is 11.6 Å². The molecule has 1 aliphatic heterocycles. The molecule has 2 aromatic rings. The van der Waals surface area contributed by atoms with E-state index in [9.17, 15) is 14.4 Å². The van der Waals surface area contributed by atoms with Crippen LogP contribution >= 0.6 is 11.6 Å². The number of aromatic carboxylic acids is 1. The molecule has 28 heavy (non-hydrogen) atoms. The van der Waals surface area contributed by atoms with E-state index in [0.29, 0.717) is 22.1 Å². The first-order chi connectivity index (χ1) is 13.3. The third-order valence-electron chi connectivity index (χ3n) is 4.15. The Labute approximate surface area is 165 Å². The minimum atomic E-state index is -1.11. The highest BCUT2D eigenvalue weighted by atomic mass is 35.5. The quantitative estimate of drug-likeness (QED) is 0.793. The Balaban J connectivity index is 1.81. The monoisotopic (exact) mass is 404 g/mol.